The minimum absolute atomic E-state index is 0.0162. The summed E-state index contributed by atoms with van der Waals surface area (Å²) >= 11 is 0. The van der Waals surface area contributed by atoms with Gasteiger partial charge in [-0.1, -0.05) is 0 Å². The lowest BCUT2D eigenvalue weighted by molar-refractivity contribution is -0.130. The lowest BCUT2D eigenvalue weighted by atomic mass is 10.1. The van der Waals surface area contributed by atoms with Gasteiger partial charge in [-0.15, -0.1) is 0 Å². The van der Waals surface area contributed by atoms with Crippen molar-refractivity contribution in [3.05, 3.63) is 0 Å². The number of alkyl halides is 1. The highest BCUT2D eigenvalue weighted by Gasteiger charge is 2.35. The number of halogens is 1. The lowest BCUT2D eigenvalue weighted by Gasteiger charge is -2.30. The normalized spacial score (nSPS) is 27.4. The Morgan fingerprint density at radius 3 is 2.75 bits per heavy atom. The second kappa shape index (κ2) is 6.66. The molecule has 2 atom stereocenters. The van der Waals surface area contributed by atoms with Crippen molar-refractivity contribution in [3.8, 4) is 6.07 Å². The lowest BCUT2D eigenvalue weighted by Crippen LogP contribution is -2.47. The van der Waals surface area contributed by atoms with Crippen LogP contribution in [0.4, 0.5) is 4.39 Å². The predicted octanol–water partition coefficient (Wildman–Crippen LogP) is -0.341. The number of likely N-dealkylation sites (tertiary alicyclic amines) is 2. The van der Waals surface area contributed by atoms with Gasteiger partial charge >= 0.3 is 0 Å². The number of nitrogens with one attached hydrogen (secondary N) is 1. The van der Waals surface area contributed by atoms with Crippen molar-refractivity contribution in [2.75, 3.05) is 26.2 Å². The summed E-state index contributed by atoms with van der Waals surface area (Å²) in [7, 11) is 0. The molecule has 2 aliphatic rings. The molecule has 0 radical (unpaired) electrons. The fourth-order valence-electron chi connectivity index (χ4n) is 2.72. The van der Waals surface area contributed by atoms with Crippen molar-refractivity contribution in [2.45, 2.75) is 37.5 Å². The second-order valence-electron chi connectivity index (χ2n) is 5.32. The molecule has 2 amide bonds. The Bertz CT molecular complexity index is 404. The Morgan fingerprint density at radius 2 is 2.15 bits per heavy atom. The van der Waals surface area contributed by atoms with Gasteiger partial charge in [-0.05, 0) is 12.8 Å². The van der Waals surface area contributed by atoms with E-state index >= 15 is 0 Å². The number of hydrogen-bond donors (Lipinski definition) is 1. The zero-order valence-corrected chi connectivity index (χ0v) is 11.3. The standard InChI is InChI=1S/C13H19FN4O2/c14-10-5-12(6-15)18(8-10)13(20)7-16-11-1-3-17(9-19)4-2-11/h9-12,16H,1-5,7-8H2/t10-,12-/m0/s1. The van der Waals surface area contributed by atoms with Crippen LogP contribution in [0, 0.1) is 11.3 Å². The fourth-order valence-corrected chi connectivity index (χ4v) is 2.72. The van der Waals surface area contributed by atoms with E-state index in [-0.39, 0.29) is 31.5 Å². The molecule has 0 spiro atoms. The largest absolute Gasteiger partial charge is 0.345 e. The molecule has 7 heteroatoms. The van der Waals surface area contributed by atoms with Crippen LogP contribution < -0.4 is 5.32 Å². The monoisotopic (exact) mass is 282 g/mol. The third-order valence-electron chi connectivity index (χ3n) is 3.94. The third-order valence-corrected chi connectivity index (χ3v) is 3.94. The number of nitrogens with zero attached hydrogens (tertiary/aromatic N) is 3. The smallest absolute Gasteiger partial charge is 0.237 e. The average molecular weight is 282 g/mol. The summed E-state index contributed by atoms with van der Waals surface area (Å²) in [4.78, 5) is 25.6. The maximum Gasteiger partial charge on any atom is 0.237 e. The van der Waals surface area contributed by atoms with Crippen LogP contribution >= 0.6 is 0 Å². The number of amides is 2. The van der Waals surface area contributed by atoms with E-state index in [1.165, 1.54) is 4.90 Å². The molecule has 2 rings (SSSR count). The molecule has 2 aliphatic heterocycles. The quantitative estimate of drug-likeness (QED) is 0.716. The van der Waals surface area contributed by atoms with E-state index in [1.54, 1.807) is 4.90 Å². The molecule has 6 nitrogen and oxygen atoms in total. The first-order chi connectivity index (χ1) is 9.63. The van der Waals surface area contributed by atoms with Gasteiger partial charge in [0.1, 0.15) is 12.2 Å². The maximum absolute atomic E-state index is 13.2. The average Bonchev–Trinajstić information content (AvgIpc) is 2.86. The summed E-state index contributed by atoms with van der Waals surface area (Å²) in [6.07, 6.45) is 1.46. The first-order valence-electron chi connectivity index (χ1n) is 6.90. The minimum atomic E-state index is -1.10. The Hall–Kier alpha value is -1.68. The molecule has 0 aromatic carbocycles. The topological polar surface area (TPSA) is 76.4 Å². The van der Waals surface area contributed by atoms with E-state index in [0.29, 0.717) is 13.1 Å². The Kier molecular flexibility index (Phi) is 4.90. The van der Waals surface area contributed by atoms with Crippen molar-refractivity contribution < 1.29 is 14.0 Å². The van der Waals surface area contributed by atoms with Crippen molar-refractivity contribution in [1.82, 2.24) is 15.1 Å². The van der Waals surface area contributed by atoms with Crippen molar-refractivity contribution in [1.29, 1.82) is 5.26 Å². The second-order valence-corrected chi connectivity index (χ2v) is 5.32. The zero-order chi connectivity index (χ0) is 14.5. The molecule has 0 aromatic rings. The highest BCUT2D eigenvalue weighted by Crippen LogP contribution is 2.19. The number of piperidine rings is 1. The Balaban J connectivity index is 1.75. The summed E-state index contributed by atoms with van der Waals surface area (Å²) in [5, 5.41) is 12.0. The molecule has 0 unspecified atom stereocenters. The summed E-state index contributed by atoms with van der Waals surface area (Å²) in [6, 6.07) is 1.52. The number of carbonyl (C=O) groups excluding carboxylic acids is 2. The van der Waals surface area contributed by atoms with E-state index in [4.69, 9.17) is 5.26 Å². The molecule has 110 valence electrons. The summed E-state index contributed by atoms with van der Waals surface area (Å²) in [6.45, 7) is 1.51. The maximum atomic E-state index is 13.2. The van der Waals surface area contributed by atoms with Gasteiger partial charge in [0.25, 0.3) is 0 Å². The van der Waals surface area contributed by atoms with Crippen LogP contribution in [0.5, 0.6) is 0 Å². The molecule has 0 aromatic heterocycles. The van der Waals surface area contributed by atoms with E-state index < -0.39 is 12.2 Å². The molecular formula is C13H19FN4O2. The highest BCUT2D eigenvalue weighted by molar-refractivity contribution is 5.79. The molecule has 1 N–H and O–H groups in total. The first-order valence-corrected chi connectivity index (χ1v) is 6.90. The van der Waals surface area contributed by atoms with Crippen molar-refractivity contribution in [2.24, 2.45) is 0 Å². The fraction of sp³-hybridized carbons (Fsp3) is 0.769. The zero-order valence-electron chi connectivity index (χ0n) is 11.3. The van der Waals surface area contributed by atoms with E-state index in [1.807, 2.05) is 6.07 Å². The third kappa shape index (κ3) is 3.45. The molecule has 2 saturated heterocycles. The van der Waals surface area contributed by atoms with Crippen LogP contribution in [0.2, 0.25) is 0 Å². The highest BCUT2D eigenvalue weighted by atomic mass is 19.1. The molecule has 0 aliphatic carbocycles. The molecule has 20 heavy (non-hydrogen) atoms. The van der Waals surface area contributed by atoms with Crippen LogP contribution in [0.25, 0.3) is 0 Å². The minimum Gasteiger partial charge on any atom is -0.345 e. The van der Waals surface area contributed by atoms with Gasteiger partial charge in [0, 0.05) is 25.6 Å². The summed E-state index contributed by atoms with van der Waals surface area (Å²) in [5.41, 5.74) is 0. The van der Waals surface area contributed by atoms with Crippen LogP contribution in [-0.2, 0) is 9.59 Å². The van der Waals surface area contributed by atoms with Crippen LogP contribution in [0.1, 0.15) is 19.3 Å². The molecule has 2 heterocycles. The van der Waals surface area contributed by atoms with Gasteiger partial charge in [-0.3, -0.25) is 9.59 Å². The predicted molar refractivity (Wildman–Crippen MR) is 69.3 cm³/mol. The first kappa shape index (κ1) is 14.7. The Morgan fingerprint density at radius 1 is 1.45 bits per heavy atom. The SMILES string of the molecule is N#C[C@@H]1C[C@H](F)CN1C(=O)CNC1CCN(C=O)CC1. The van der Waals surface area contributed by atoms with Gasteiger partial charge in [0.15, 0.2) is 0 Å². The molecular weight excluding hydrogens is 263 g/mol. The van der Waals surface area contributed by atoms with Crippen molar-refractivity contribution in [3.63, 3.8) is 0 Å². The van der Waals surface area contributed by atoms with Gasteiger partial charge in [-0.2, -0.15) is 5.26 Å². The van der Waals surface area contributed by atoms with Crippen LogP contribution in [-0.4, -0.2) is 66.6 Å². The van der Waals surface area contributed by atoms with E-state index in [9.17, 15) is 14.0 Å². The molecule has 2 fully saturated rings. The number of carbonyl (C=O) groups is 2. The Labute approximate surface area is 117 Å². The summed E-state index contributed by atoms with van der Waals surface area (Å²) in [5.74, 6) is -0.227. The van der Waals surface area contributed by atoms with Crippen LogP contribution in [0.3, 0.4) is 0 Å². The van der Waals surface area contributed by atoms with Gasteiger partial charge in [0.05, 0.1) is 19.2 Å². The number of rotatable bonds is 4. The van der Waals surface area contributed by atoms with Crippen LogP contribution in [0.15, 0.2) is 0 Å². The van der Waals surface area contributed by atoms with E-state index in [0.717, 1.165) is 19.3 Å². The molecule has 0 saturated carbocycles. The summed E-state index contributed by atoms with van der Waals surface area (Å²) < 4.78 is 13.2. The van der Waals surface area contributed by atoms with Crippen molar-refractivity contribution >= 4 is 12.3 Å². The number of nitriles is 1. The van der Waals surface area contributed by atoms with Gasteiger partial charge in [0.2, 0.25) is 12.3 Å². The van der Waals surface area contributed by atoms with E-state index in [2.05, 4.69) is 5.32 Å². The van der Waals surface area contributed by atoms with Gasteiger partial charge in [-0.25, -0.2) is 4.39 Å². The molecule has 0 bridgehead atoms. The van der Waals surface area contributed by atoms with Gasteiger partial charge < -0.3 is 15.1 Å². The number of hydrogen-bond acceptors (Lipinski definition) is 4.